The number of aliphatic hydroxyl groups excluding tert-OH is 2. The van der Waals surface area contributed by atoms with Crippen LogP contribution in [0.1, 0.15) is 13.3 Å². The van der Waals surface area contributed by atoms with Gasteiger partial charge in [0.1, 0.15) is 0 Å². The van der Waals surface area contributed by atoms with E-state index in [9.17, 15) is 9.90 Å². The van der Waals surface area contributed by atoms with Crippen LogP contribution in [-0.2, 0) is 4.79 Å². The Morgan fingerprint density at radius 1 is 1.53 bits per heavy atom. The van der Waals surface area contributed by atoms with Crippen LogP contribution >= 0.6 is 0 Å². The molecule has 1 aliphatic rings. The Bertz CT molecular complexity index is 502. The molecule has 1 amide bonds. The zero-order valence-electron chi connectivity index (χ0n) is 10.7. The number of amides is 1. The second-order valence-corrected chi connectivity index (χ2v) is 4.49. The second kappa shape index (κ2) is 5.81. The van der Waals surface area contributed by atoms with Crippen molar-refractivity contribution in [2.45, 2.75) is 19.4 Å². The van der Waals surface area contributed by atoms with Crippen molar-refractivity contribution in [1.29, 1.82) is 0 Å². The van der Waals surface area contributed by atoms with Crippen molar-refractivity contribution in [3.05, 3.63) is 24.3 Å². The molecule has 1 aliphatic heterocycles. The molecular formula is C13H17N3O3. The van der Waals surface area contributed by atoms with Gasteiger partial charge in [0.15, 0.2) is 0 Å². The highest BCUT2D eigenvalue weighted by atomic mass is 16.3. The maximum absolute atomic E-state index is 11.7. The van der Waals surface area contributed by atoms with Gasteiger partial charge in [-0.3, -0.25) is 4.79 Å². The SMILES string of the molecule is CC1=NN(c2cccc(NCC(O)CO)c2)C(=O)C1. The summed E-state index contributed by atoms with van der Waals surface area (Å²) in [4.78, 5) is 11.7. The first-order valence-corrected chi connectivity index (χ1v) is 6.10. The van der Waals surface area contributed by atoms with Crippen molar-refractivity contribution in [1.82, 2.24) is 0 Å². The highest BCUT2D eigenvalue weighted by molar-refractivity contribution is 6.12. The largest absolute Gasteiger partial charge is 0.394 e. The number of hydrogen-bond acceptors (Lipinski definition) is 5. The summed E-state index contributed by atoms with van der Waals surface area (Å²) in [6.07, 6.45) is -0.460. The number of carbonyl (C=O) groups is 1. The minimum absolute atomic E-state index is 0.0509. The van der Waals surface area contributed by atoms with Crippen LogP contribution in [0, 0.1) is 0 Å². The first kappa shape index (κ1) is 13.5. The molecule has 19 heavy (non-hydrogen) atoms. The number of nitrogens with zero attached hydrogens (tertiary/aromatic N) is 2. The number of anilines is 2. The van der Waals surface area contributed by atoms with Crippen molar-refractivity contribution in [3.8, 4) is 0 Å². The van der Waals surface area contributed by atoms with Gasteiger partial charge < -0.3 is 15.5 Å². The molecule has 6 heteroatoms. The van der Waals surface area contributed by atoms with Crippen LogP contribution in [0.3, 0.4) is 0 Å². The monoisotopic (exact) mass is 263 g/mol. The van der Waals surface area contributed by atoms with Gasteiger partial charge in [-0.25, -0.2) is 5.01 Å². The van der Waals surface area contributed by atoms with Gasteiger partial charge in [0.05, 0.1) is 24.8 Å². The number of hydrazone groups is 1. The molecule has 1 aromatic carbocycles. The van der Waals surface area contributed by atoms with Crippen LogP contribution in [0.4, 0.5) is 11.4 Å². The second-order valence-electron chi connectivity index (χ2n) is 4.49. The summed E-state index contributed by atoms with van der Waals surface area (Å²) < 4.78 is 0. The van der Waals surface area contributed by atoms with Crippen LogP contribution < -0.4 is 10.3 Å². The first-order chi connectivity index (χ1) is 9.10. The molecule has 3 N–H and O–H groups in total. The van der Waals surface area contributed by atoms with E-state index < -0.39 is 6.10 Å². The average molecular weight is 263 g/mol. The molecule has 0 aromatic heterocycles. The summed E-state index contributed by atoms with van der Waals surface area (Å²) in [7, 11) is 0. The molecule has 102 valence electrons. The van der Waals surface area contributed by atoms with E-state index in [1.54, 1.807) is 18.2 Å². The maximum atomic E-state index is 11.7. The standard InChI is InChI=1S/C13H17N3O3/c1-9-5-13(19)16(15-9)11-4-2-3-10(6-11)14-7-12(18)8-17/h2-4,6,12,14,17-18H,5,7-8H2,1H3. The van der Waals surface area contributed by atoms with Crippen molar-refractivity contribution in [2.75, 3.05) is 23.5 Å². The normalized spacial score (nSPS) is 16.5. The first-order valence-electron chi connectivity index (χ1n) is 6.10. The topological polar surface area (TPSA) is 85.2 Å². The highest BCUT2D eigenvalue weighted by Crippen LogP contribution is 2.23. The number of rotatable bonds is 5. The van der Waals surface area contributed by atoms with Gasteiger partial charge in [0.25, 0.3) is 5.91 Å². The minimum Gasteiger partial charge on any atom is -0.394 e. The van der Waals surface area contributed by atoms with E-state index in [4.69, 9.17) is 5.11 Å². The van der Waals surface area contributed by atoms with Crippen molar-refractivity contribution < 1.29 is 15.0 Å². The molecule has 2 rings (SSSR count). The predicted molar refractivity (Wildman–Crippen MR) is 73.2 cm³/mol. The molecule has 1 atom stereocenters. The van der Waals surface area contributed by atoms with Crippen molar-refractivity contribution >= 4 is 23.0 Å². The van der Waals surface area contributed by atoms with Gasteiger partial charge in [0, 0.05) is 17.9 Å². The van der Waals surface area contributed by atoms with Gasteiger partial charge in [-0.2, -0.15) is 5.10 Å². The Morgan fingerprint density at radius 2 is 2.32 bits per heavy atom. The Kier molecular flexibility index (Phi) is 4.13. The number of carbonyl (C=O) groups excluding carboxylic acids is 1. The molecule has 1 heterocycles. The van der Waals surface area contributed by atoms with Crippen LogP contribution in [0.25, 0.3) is 0 Å². The quantitative estimate of drug-likeness (QED) is 0.725. The van der Waals surface area contributed by atoms with E-state index in [-0.39, 0.29) is 19.1 Å². The summed E-state index contributed by atoms with van der Waals surface area (Å²) in [5.74, 6) is -0.0509. The molecule has 0 aliphatic carbocycles. The molecule has 6 nitrogen and oxygen atoms in total. The zero-order chi connectivity index (χ0) is 13.8. The minimum atomic E-state index is -0.808. The third-order valence-electron chi connectivity index (χ3n) is 2.76. The third kappa shape index (κ3) is 3.30. The zero-order valence-corrected chi connectivity index (χ0v) is 10.7. The summed E-state index contributed by atoms with van der Waals surface area (Å²) >= 11 is 0. The molecular weight excluding hydrogens is 246 g/mol. The highest BCUT2D eigenvalue weighted by Gasteiger charge is 2.22. The fourth-order valence-electron chi connectivity index (χ4n) is 1.81. The Hall–Kier alpha value is -1.92. The van der Waals surface area contributed by atoms with E-state index in [0.29, 0.717) is 12.1 Å². The van der Waals surface area contributed by atoms with Crippen LogP contribution in [0.5, 0.6) is 0 Å². The molecule has 1 unspecified atom stereocenters. The molecule has 0 bridgehead atoms. The lowest BCUT2D eigenvalue weighted by Gasteiger charge is -2.15. The van der Waals surface area contributed by atoms with Gasteiger partial charge in [-0.1, -0.05) is 6.07 Å². The van der Waals surface area contributed by atoms with Gasteiger partial charge in [0.2, 0.25) is 0 Å². The van der Waals surface area contributed by atoms with Crippen molar-refractivity contribution in [2.24, 2.45) is 5.10 Å². The van der Waals surface area contributed by atoms with Crippen molar-refractivity contribution in [3.63, 3.8) is 0 Å². The Balaban J connectivity index is 2.09. The summed E-state index contributed by atoms with van der Waals surface area (Å²) in [6, 6.07) is 7.21. The predicted octanol–water partition coefficient (Wildman–Crippen LogP) is 0.564. The molecule has 0 radical (unpaired) electrons. The van der Waals surface area contributed by atoms with Crippen LogP contribution in [0.2, 0.25) is 0 Å². The van der Waals surface area contributed by atoms with Gasteiger partial charge >= 0.3 is 0 Å². The molecule has 0 fully saturated rings. The van der Waals surface area contributed by atoms with E-state index >= 15 is 0 Å². The average Bonchev–Trinajstić information content (AvgIpc) is 2.75. The van der Waals surface area contributed by atoms with Crippen LogP contribution in [-0.4, -0.2) is 41.1 Å². The van der Waals surface area contributed by atoms with E-state index in [0.717, 1.165) is 11.4 Å². The third-order valence-corrected chi connectivity index (χ3v) is 2.76. The number of aliphatic hydroxyl groups is 2. The summed E-state index contributed by atoms with van der Waals surface area (Å²) in [5.41, 5.74) is 2.24. The lowest BCUT2D eigenvalue weighted by molar-refractivity contribution is -0.116. The summed E-state index contributed by atoms with van der Waals surface area (Å²) in [6.45, 7) is 1.77. The van der Waals surface area contributed by atoms with E-state index in [2.05, 4.69) is 10.4 Å². The fraction of sp³-hybridized carbons (Fsp3) is 0.385. The lowest BCUT2D eigenvalue weighted by Crippen LogP contribution is -2.23. The maximum Gasteiger partial charge on any atom is 0.253 e. The number of hydrogen-bond donors (Lipinski definition) is 3. The Labute approximate surface area is 111 Å². The van der Waals surface area contributed by atoms with Gasteiger partial charge in [-0.05, 0) is 25.1 Å². The molecule has 0 spiro atoms. The smallest absolute Gasteiger partial charge is 0.253 e. The summed E-state index contributed by atoms with van der Waals surface area (Å²) in [5, 5.41) is 26.6. The molecule has 0 saturated carbocycles. The fourth-order valence-corrected chi connectivity index (χ4v) is 1.81. The van der Waals surface area contributed by atoms with E-state index in [1.807, 2.05) is 13.0 Å². The lowest BCUT2D eigenvalue weighted by atomic mass is 10.2. The molecule has 1 aromatic rings. The molecule has 0 saturated heterocycles. The van der Waals surface area contributed by atoms with Gasteiger partial charge in [-0.15, -0.1) is 0 Å². The number of benzene rings is 1. The Morgan fingerprint density at radius 3 is 2.95 bits per heavy atom. The van der Waals surface area contributed by atoms with E-state index in [1.165, 1.54) is 5.01 Å². The van der Waals surface area contributed by atoms with Crippen LogP contribution in [0.15, 0.2) is 29.4 Å². The number of nitrogens with one attached hydrogen (secondary N) is 1.